The van der Waals surface area contributed by atoms with Crippen molar-refractivity contribution in [1.82, 2.24) is 15.2 Å². The first-order valence-corrected chi connectivity index (χ1v) is 4.56. The molecule has 15 heavy (non-hydrogen) atoms. The standard InChI is InChI=1S/C10H11N5/c11-9-1-2-10(15-14-9)13-7-8-3-5-12-6-4-8/h1-6H,7H2,(H2,11,14)(H,13,15). The number of nitrogens with zero attached hydrogens (tertiary/aromatic N) is 3. The Morgan fingerprint density at radius 3 is 2.53 bits per heavy atom. The summed E-state index contributed by atoms with van der Waals surface area (Å²) in [5.41, 5.74) is 6.57. The molecular formula is C10H11N5. The minimum Gasteiger partial charge on any atom is -0.382 e. The van der Waals surface area contributed by atoms with Gasteiger partial charge in [0.1, 0.15) is 11.6 Å². The molecule has 2 aromatic rings. The van der Waals surface area contributed by atoms with Crippen molar-refractivity contribution in [1.29, 1.82) is 0 Å². The second-order valence-electron chi connectivity index (χ2n) is 3.05. The molecule has 2 rings (SSSR count). The minimum atomic E-state index is 0.421. The Hall–Kier alpha value is -2.17. The Kier molecular flexibility index (Phi) is 2.73. The van der Waals surface area contributed by atoms with Crippen molar-refractivity contribution in [2.45, 2.75) is 6.54 Å². The highest BCUT2D eigenvalue weighted by molar-refractivity contribution is 5.38. The summed E-state index contributed by atoms with van der Waals surface area (Å²) in [6, 6.07) is 7.39. The van der Waals surface area contributed by atoms with Crippen LogP contribution < -0.4 is 11.1 Å². The van der Waals surface area contributed by atoms with Crippen molar-refractivity contribution in [3.63, 3.8) is 0 Å². The monoisotopic (exact) mass is 201 g/mol. The van der Waals surface area contributed by atoms with Gasteiger partial charge in [0.25, 0.3) is 0 Å². The normalized spacial score (nSPS) is 9.87. The van der Waals surface area contributed by atoms with Gasteiger partial charge in [-0.3, -0.25) is 4.98 Å². The van der Waals surface area contributed by atoms with Crippen LogP contribution in [0.5, 0.6) is 0 Å². The van der Waals surface area contributed by atoms with Gasteiger partial charge in [0.05, 0.1) is 0 Å². The summed E-state index contributed by atoms with van der Waals surface area (Å²) >= 11 is 0. The number of pyridine rings is 1. The van der Waals surface area contributed by atoms with Crippen LogP contribution in [0, 0.1) is 0 Å². The third-order valence-electron chi connectivity index (χ3n) is 1.91. The van der Waals surface area contributed by atoms with Crippen LogP contribution in [0.1, 0.15) is 5.56 Å². The lowest BCUT2D eigenvalue weighted by Gasteiger charge is -2.04. The van der Waals surface area contributed by atoms with Gasteiger partial charge >= 0.3 is 0 Å². The summed E-state index contributed by atoms with van der Waals surface area (Å²) < 4.78 is 0. The summed E-state index contributed by atoms with van der Waals surface area (Å²) in [4.78, 5) is 3.94. The summed E-state index contributed by atoms with van der Waals surface area (Å²) in [6.07, 6.45) is 3.51. The number of rotatable bonds is 3. The van der Waals surface area contributed by atoms with Crippen LogP contribution in [-0.2, 0) is 6.54 Å². The second kappa shape index (κ2) is 4.36. The quantitative estimate of drug-likeness (QED) is 0.776. The third-order valence-corrected chi connectivity index (χ3v) is 1.91. The Bertz CT molecular complexity index is 412. The summed E-state index contributed by atoms with van der Waals surface area (Å²) in [6.45, 7) is 0.696. The predicted molar refractivity (Wildman–Crippen MR) is 58.0 cm³/mol. The first kappa shape index (κ1) is 9.39. The van der Waals surface area contributed by atoms with Crippen LogP contribution in [0.25, 0.3) is 0 Å². The van der Waals surface area contributed by atoms with Crippen LogP contribution in [0.4, 0.5) is 11.6 Å². The van der Waals surface area contributed by atoms with E-state index < -0.39 is 0 Å². The molecule has 76 valence electrons. The lowest BCUT2D eigenvalue weighted by Crippen LogP contribution is -2.03. The van der Waals surface area contributed by atoms with Crippen LogP contribution in [0.15, 0.2) is 36.7 Å². The van der Waals surface area contributed by atoms with Gasteiger partial charge in [-0.2, -0.15) is 0 Å². The first-order chi connectivity index (χ1) is 7.34. The lowest BCUT2D eigenvalue weighted by molar-refractivity contribution is 1.01. The van der Waals surface area contributed by atoms with Crippen LogP contribution in [0.3, 0.4) is 0 Å². The zero-order chi connectivity index (χ0) is 10.5. The van der Waals surface area contributed by atoms with E-state index in [9.17, 15) is 0 Å². The van der Waals surface area contributed by atoms with E-state index in [1.54, 1.807) is 24.5 Å². The Morgan fingerprint density at radius 2 is 1.87 bits per heavy atom. The molecule has 0 atom stereocenters. The topological polar surface area (TPSA) is 76.7 Å². The van der Waals surface area contributed by atoms with Gasteiger partial charge in [-0.15, -0.1) is 10.2 Å². The molecule has 0 saturated heterocycles. The third kappa shape index (κ3) is 2.63. The highest BCUT2D eigenvalue weighted by Gasteiger charge is 1.95. The zero-order valence-corrected chi connectivity index (χ0v) is 8.09. The lowest BCUT2D eigenvalue weighted by atomic mass is 10.3. The Labute approximate surface area is 87.4 Å². The average molecular weight is 201 g/mol. The molecule has 0 aliphatic heterocycles. The van der Waals surface area contributed by atoms with E-state index in [1.165, 1.54) is 0 Å². The van der Waals surface area contributed by atoms with Crippen molar-refractivity contribution in [2.24, 2.45) is 0 Å². The van der Waals surface area contributed by atoms with Gasteiger partial charge in [-0.05, 0) is 29.8 Å². The van der Waals surface area contributed by atoms with E-state index in [-0.39, 0.29) is 0 Å². The highest BCUT2D eigenvalue weighted by Crippen LogP contribution is 2.05. The number of aromatic nitrogens is 3. The molecule has 0 aliphatic carbocycles. The smallest absolute Gasteiger partial charge is 0.149 e. The van der Waals surface area contributed by atoms with E-state index in [0.717, 1.165) is 5.56 Å². The Morgan fingerprint density at radius 1 is 1.07 bits per heavy atom. The van der Waals surface area contributed by atoms with E-state index in [2.05, 4.69) is 20.5 Å². The molecule has 2 heterocycles. The Balaban J connectivity index is 1.96. The molecular weight excluding hydrogens is 190 g/mol. The summed E-state index contributed by atoms with van der Waals surface area (Å²) in [5.74, 6) is 1.13. The molecule has 5 heteroatoms. The number of nitrogens with one attached hydrogen (secondary N) is 1. The van der Waals surface area contributed by atoms with Gasteiger partial charge < -0.3 is 11.1 Å². The van der Waals surface area contributed by atoms with Crippen LogP contribution >= 0.6 is 0 Å². The van der Waals surface area contributed by atoms with Gasteiger partial charge in [0.2, 0.25) is 0 Å². The minimum absolute atomic E-state index is 0.421. The summed E-state index contributed by atoms with van der Waals surface area (Å²) in [7, 11) is 0. The molecule has 0 amide bonds. The fraction of sp³-hybridized carbons (Fsp3) is 0.100. The van der Waals surface area contributed by atoms with Crippen molar-refractivity contribution in [2.75, 3.05) is 11.1 Å². The molecule has 2 aromatic heterocycles. The number of anilines is 2. The molecule has 0 spiro atoms. The van der Waals surface area contributed by atoms with Crippen molar-refractivity contribution >= 4 is 11.6 Å². The molecule has 0 saturated carbocycles. The largest absolute Gasteiger partial charge is 0.382 e. The zero-order valence-electron chi connectivity index (χ0n) is 8.09. The SMILES string of the molecule is Nc1ccc(NCc2ccncc2)nn1. The van der Waals surface area contributed by atoms with E-state index in [4.69, 9.17) is 5.73 Å². The number of nitrogens with two attached hydrogens (primary N) is 1. The molecule has 0 bridgehead atoms. The van der Waals surface area contributed by atoms with Gasteiger partial charge in [0.15, 0.2) is 0 Å². The van der Waals surface area contributed by atoms with Crippen LogP contribution in [-0.4, -0.2) is 15.2 Å². The van der Waals surface area contributed by atoms with Crippen LogP contribution in [0.2, 0.25) is 0 Å². The van der Waals surface area contributed by atoms with Gasteiger partial charge in [-0.1, -0.05) is 0 Å². The van der Waals surface area contributed by atoms with E-state index in [0.29, 0.717) is 18.2 Å². The molecule has 0 radical (unpaired) electrons. The number of nitrogen functional groups attached to an aromatic ring is 1. The van der Waals surface area contributed by atoms with Crippen molar-refractivity contribution < 1.29 is 0 Å². The molecule has 3 N–H and O–H groups in total. The average Bonchev–Trinajstić information content (AvgIpc) is 2.30. The number of hydrogen-bond donors (Lipinski definition) is 2. The first-order valence-electron chi connectivity index (χ1n) is 4.56. The molecule has 0 aliphatic rings. The van der Waals surface area contributed by atoms with Gasteiger partial charge in [0, 0.05) is 18.9 Å². The molecule has 0 fully saturated rings. The second-order valence-corrected chi connectivity index (χ2v) is 3.05. The highest BCUT2D eigenvalue weighted by atomic mass is 15.2. The van der Waals surface area contributed by atoms with Crippen molar-refractivity contribution in [3.05, 3.63) is 42.2 Å². The molecule has 5 nitrogen and oxygen atoms in total. The maximum atomic E-state index is 5.42. The maximum absolute atomic E-state index is 5.42. The van der Waals surface area contributed by atoms with E-state index >= 15 is 0 Å². The van der Waals surface area contributed by atoms with Crippen molar-refractivity contribution in [3.8, 4) is 0 Å². The summed E-state index contributed by atoms with van der Waals surface area (Å²) in [5, 5.41) is 10.8. The predicted octanol–water partition coefficient (Wildman–Crippen LogP) is 1.07. The van der Waals surface area contributed by atoms with E-state index in [1.807, 2.05) is 12.1 Å². The maximum Gasteiger partial charge on any atom is 0.149 e. The van der Waals surface area contributed by atoms with Gasteiger partial charge in [-0.25, -0.2) is 0 Å². The molecule has 0 unspecified atom stereocenters. The molecule has 0 aromatic carbocycles. The fourth-order valence-corrected chi connectivity index (χ4v) is 1.13. The fourth-order valence-electron chi connectivity index (χ4n) is 1.13. The number of hydrogen-bond acceptors (Lipinski definition) is 5.